The first kappa shape index (κ1) is 15.9. The molecular formula is C18H14F2N2O2. The molecule has 24 heavy (non-hydrogen) atoms. The lowest BCUT2D eigenvalue weighted by Gasteiger charge is -2.10. The Hall–Kier alpha value is -3.02. The van der Waals surface area contributed by atoms with Crippen LogP contribution in [0, 0.1) is 18.6 Å². The van der Waals surface area contributed by atoms with Crippen molar-refractivity contribution in [2.24, 2.45) is 0 Å². The number of carbonyl (C=O) groups excluding carboxylic acids is 2. The van der Waals surface area contributed by atoms with Gasteiger partial charge < -0.3 is 9.88 Å². The van der Waals surface area contributed by atoms with Gasteiger partial charge in [0.1, 0.15) is 18.2 Å². The molecular weight excluding hydrogens is 314 g/mol. The van der Waals surface area contributed by atoms with Gasteiger partial charge >= 0.3 is 0 Å². The lowest BCUT2D eigenvalue weighted by atomic mass is 10.1. The van der Waals surface area contributed by atoms with Gasteiger partial charge in [0.15, 0.2) is 6.29 Å². The van der Waals surface area contributed by atoms with Crippen LogP contribution in [0.2, 0.25) is 0 Å². The van der Waals surface area contributed by atoms with Gasteiger partial charge in [0, 0.05) is 28.2 Å². The van der Waals surface area contributed by atoms with E-state index in [-0.39, 0.29) is 12.2 Å². The molecule has 0 unspecified atom stereocenters. The first-order valence-corrected chi connectivity index (χ1v) is 7.29. The fraction of sp³-hybridized carbons (Fsp3) is 0.111. The number of para-hydroxylation sites is 1. The van der Waals surface area contributed by atoms with Crippen LogP contribution in [-0.4, -0.2) is 16.8 Å². The van der Waals surface area contributed by atoms with Gasteiger partial charge in [0.05, 0.1) is 5.69 Å². The van der Waals surface area contributed by atoms with E-state index in [0.717, 1.165) is 23.3 Å². The van der Waals surface area contributed by atoms with Gasteiger partial charge in [0.2, 0.25) is 5.91 Å². The maximum absolute atomic E-state index is 13.6. The molecule has 0 aliphatic heterocycles. The molecule has 0 atom stereocenters. The number of fused-ring (bicyclic) bond motifs is 1. The van der Waals surface area contributed by atoms with E-state index in [2.05, 4.69) is 5.32 Å². The van der Waals surface area contributed by atoms with Crippen LogP contribution in [0.3, 0.4) is 0 Å². The van der Waals surface area contributed by atoms with E-state index >= 15 is 0 Å². The summed E-state index contributed by atoms with van der Waals surface area (Å²) in [7, 11) is 0. The Labute approximate surface area is 136 Å². The second kappa shape index (κ2) is 6.23. The predicted octanol–water partition coefficient (Wildman–Crippen LogP) is 3.68. The molecule has 2 aromatic carbocycles. The minimum atomic E-state index is -0.842. The lowest BCUT2D eigenvalue weighted by Crippen LogP contribution is -2.20. The Bertz CT molecular complexity index is 948. The number of aldehydes is 1. The van der Waals surface area contributed by atoms with Crippen LogP contribution >= 0.6 is 0 Å². The standard InChI is InChI=1S/C18H14F2N2O2/c1-11-14(10-23)13-4-2-3-5-17(13)22(11)9-18(24)21-16-7-6-12(19)8-15(16)20/h2-8,10H,9H2,1H3,(H,21,24). The van der Waals surface area contributed by atoms with E-state index < -0.39 is 17.5 Å². The summed E-state index contributed by atoms with van der Waals surface area (Å²) in [5.41, 5.74) is 1.82. The number of carbonyl (C=O) groups is 2. The molecule has 0 aliphatic carbocycles. The van der Waals surface area contributed by atoms with Crippen molar-refractivity contribution in [2.75, 3.05) is 5.32 Å². The van der Waals surface area contributed by atoms with Crippen molar-refractivity contribution in [1.29, 1.82) is 0 Å². The van der Waals surface area contributed by atoms with E-state index in [1.54, 1.807) is 23.6 Å². The second-order valence-electron chi connectivity index (χ2n) is 5.39. The molecule has 0 saturated carbocycles. The van der Waals surface area contributed by atoms with Crippen molar-refractivity contribution in [3.05, 3.63) is 65.4 Å². The van der Waals surface area contributed by atoms with E-state index in [0.29, 0.717) is 17.3 Å². The Morgan fingerprint density at radius 2 is 1.96 bits per heavy atom. The molecule has 0 spiro atoms. The fourth-order valence-corrected chi connectivity index (χ4v) is 2.73. The number of hydrogen-bond donors (Lipinski definition) is 1. The summed E-state index contributed by atoms with van der Waals surface area (Å²) in [6, 6.07) is 10.2. The first-order chi connectivity index (χ1) is 11.5. The van der Waals surface area contributed by atoms with Crippen molar-refractivity contribution in [3.8, 4) is 0 Å². The highest BCUT2D eigenvalue weighted by molar-refractivity contribution is 6.00. The fourth-order valence-electron chi connectivity index (χ4n) is 2.73. The van der Waals surface area contributed by atoms with Crippen LogP contribution in [0.25, 0.3) is 10.9 Å². The van der Waals surface area contributed by atoms with Crippen molar-refractivity contribution in [2.45, 2.75) is 13.5 Å². The highest BCUT2D eigenvalue weighted by Crippen LogP contribution is 2.24. The quantitative estimate of drug-likeness (QED) is 0.743. The number of aromatic nitrogens is 1. The number of rotatable bonds is 4. The van der Waals surface area contributed by atoms with Crippen LogP contribution in [0.15, 0.2) is 42.5 Å². The Balaban J connectivity index is 1.91. The number of hydrogen-bond acceptors (Lipinski definition) is 2. The molecule has 3 rings (SSSR count). The average molecular weight is 328 g/mol. The molecule has 122 valence electrons. The zero-order valence-electron chi connectivity index (χ0n) is 12.8. The minimum Gasteiger partial charge on any atom is -0.335 e. The second-order valence-corrected chi connectivity index (χ2v) is 5.39. The van der Waals surface area contributed by atoms with E-state index in [1.165, 1.54) is 6.07 Å². The molecule has 1 amide bonds. The first-order valence-electron chi connectivity index (χ1n) is 7.29. The number of anilines is 1. The van der Waals surface area contributed by atoms with Gasteiger partial charge in [-0.1, -0.05) is 18.2 Å². The lowest BCUT2D eigenvalue weighted by molar-refractivity contribution is -0.116. The Kier molecular flexibility index (Phi) is 4.12. The van der Waals surface area contributed by atoms with Gasteiger partial charge in [-0.2, -0.15) is 0 Å². The molecule has 1 heterocycles. The smallest absolute Gasteiger partial charge is 0.244 e. The van der Waals surface area contributed by atoms with Crippen LogP contribution < -0.4 is 5.32 Å². The molecule has 0 bridgehead atoms. The van der Waals surface area contributed by atoms with Crippen LogP contribution in [0.4, 0.5) is 14.5 Å². The number of amides is 1. The monoisotopic (exact) mass is 328 g/mol. The highest BCUT2D eigenvalue weighted by atomic mass is 19.1. The third kappa shape index (κ3) is 2.78. The molecule has 0 aliphatic rings. The van der Waals surface area contributed by atoms with Crippen molar-refractivity contribution >= 4 is 28.8 Å². The molecule has 1 aromatic heterocycles. The predicted molar refractivity (Wildman–Crippen MR) is 87.1 cm³/mol. The van der Waals surface area contributed by atoms with Crippen LogP contribution in [-0.2, 0) is 11.3 Å². The largest absolute Gasteiger partial charge is 0.335 e. The number of benzene rings is 2. The van der Waals surface area contributed by atoms with Gasteiger partial charge in [-0.3, -0.25) is 9.59 Å². The molecule has 0 radical (unpaired) electrons. The summed E-state index contributed by atoms with van der Waals surface area (Å²) >= 11 is 0. The number of nitrogens with zero attached hydrogens (tertiary/aromatic N) is 1. The molecule has 4 nitrogen and oxygen atoms in total. The summed E-state index contributed by atoms with van der Waals surface area (Å²) in [5, 5.41) is 3.17. The minimum absolute atomic E-state index is 0.0863. The summed E-state index contributed by atoms with van der Waals surface area (Å²) in [4.78, 5) is 23.5. The maximum Gasteiger partial charge on any atom is 0.244 e. The zero-order chi connectivity index (χ0) is 17.3. The Morgan fingerprint density at radius 3 is 2.67 bits per heavy atom. The van der Waals surface area contributed by atoms with E-state index in [1.807, 2.05) is 12.1 Å². The summed E-state index contributed by atoms with van der Waals surface area (Å²) in [5.74, 6) is -2.03. The number of nitrogens with one attached hydrogen (secondary N) is 1. The third-order valence-electron chi connectivity index (χ3n) is 3.90. The molecule has 6 heteroatoms. The van der Waals surface area contributed by atoms with Crippen molar-refractivity contribution in [3.63, 3.8) is 0 Å². The Morgan fingerprint density at radius 1 is 1.21 bits per heavy atom. The summed E-state index contributed by atoms with van der Waals surface area (Å²) in [6.45, 7) is 1.66. The van der Waals surface area contributed by atoms with E-state index in [4.69, 9.17) is 0 Å². The molecule has 0 saturated heterocycles. The van der Waals surface area contributed by atoms with Crippen LogP contribution in [0.5, 0.6) is 0 Å². The topological polar surface area (TPSA) is 51.1 Å². The molecule has 3 aromatic rings. The normalized spacial score (nSPS) is 10.8. The van der Waals surface area contributed by atoms with Gasteiger partial charge in [0.25, 0.3) is 0 Å². The zero-order valence-corrected chi connectivity index (χ0v) is 12.8. The third-order valence-corrected chi connectivity index (χ3v) is 3.90. The maximum atomic E-state index is 13.6. The van der Waals surface area contributed by atoms with E-state index in [9.17, 15) is 18.4 Å². The number of halogens is 2. The van der Waals surface area contributed by atoms with Gasteiger partial charge in [-0.25, -0.2) is 8.78 Å². The van der Waals surface area contributed by atoms with Crippen molar-refractivity contribution in [1.82, 2.24) is 4.57 Å². The average Bonchev–Trinajstić information content (AvgIpc) is 2.82. The highest BCUT2D eigenvalue weighted by Gasteiger charge is 2.16. The summed E-state index contributed by atoms with van der Waals surface area (Å²) < 4.78 is 28.2. The summed E-state index contributed by atoms with van der Waals surface area (Å²) in [6.07, 6.45) is 0.756. The van der Waals surface area contributed by atoms with Gasteiger partial charge in [-0.15, -0.1) is 0 Å². The molecule has 0 fully saturated rings. The SMILES string of the molecule is Cc1c(C=O)c2ccccc2n1CC(=O)Nc1ccc(F)cc1F. The van der Waals surface area contributed by atoms with Gasteiger partial charge in [-0.05, 0) is 25.1 Å². The van der Waals surface area contributed by atoms with Crippen molar-refractivity contribution < 1.29 is 18.4 Å². The molecule has 1 N–H and O–H groups in total. The van der Waals surface area contributed by atoms with Crippen LogP contribution in [0.1, 0.15) is 16.1 Å².